The van der Waals surface area contributed by atoms with E-state index < -0.39 is 0 Å². The lowest BCUT2D eigenvalue weighted by atomic mass is 10.0. The highest BCUT2D eigenvalue weighted by Crippen LogP contribution is 2.24. The number of nitrogens with one attached hydrogen (secondary N) is 1. The molecule has 0 bridgehead atoms. The third kappa shape index (κ3) is 3.17. The standard InChI is InChI=1S/C18H18FN5O/c19-14-5-3-13(4-6-14)16-10-17(22-21-16)18(25)23-8-1-2-15(11-23)24-9-7-20-12-24/h3-7,9-10,12,15H,1-2,8,11H2,(H,21,22)/t15-/m0/s1. The molecule has 0 radical (unpaired) electrons. The lowest BCUT2D eigenvalue weighted by molar-refractivity contribution is 0.0673. The lowest BCUT2D eigenvalue weighted by Crippen LogP contribution is -2.40. The van der Waals surface area contributed by atoms with Crippen LogP contribution in [0, 0.1) is 5.82 Å². The van der Waals surface area contributed by atoms with Crippen LogP contribution in [0.15, 0.2) is 49.1 Å². The van der Waals surface area contributed by atoms with Crippen molar-refractivity contribution in [3.8, 4) is 11.3 Å². The Labute approximate surface area is 144 Å². The molecule has 6 nitrogen and oxygen atoms in total. The third-order valence-electron chi connectivity index (χ3n) is 4.58. The van der Waals surface area contributed by atoms with Gasteiger partial charge in [0.05, 0.1) is 18.1 Å². The number of carbonyl (C=O) groups excluding carboxylic acids is 1. The second kappa shape index (κ2) is 6.51. The van der Waals surface area contributed by atoms with Gasteiger partial charge in [-0.25, -0.2) is 9.37 Å². The molecule has 0 aliphatic carbocycles. The summed E-state index contributed by atoms with van der Waals surface area (Å²) in [6, 6.07) is 8.03. The lowest BCUT2D eigenvalue weighted by Gasteiger charge is -2.33. The molecular formula is C18H18FN5O. The molecule has 1 saturated heterocycles. The Morgan fingerprint density at radius 1 is 1.28 bits per heavy atom. The molecular weight excluding hydrogens is 321 g/mol. The van der Waals surface area contributed by atoms with Crippen molar-refractivity contribution in [1.82, 2.24) is 24.6 Å². The fourth-order valence-electron chi connectivity index (χ4n) is 3.24. The highest BCUT2D eigenvalue weighted by Gasteiger charge is 2.26. The van der Waals surface area contributed by atoms with Crippen molar-refractivity contribution in [1.29, 1.82) is 0 Å². The summed E-state index contributed by atoms with van der Waals surface area (Å²) in [7, 11) is 0. The first kappa shape index (κ1) is 15.6. The number of aromatic nitrogens is 4. The van der Waals surface area contributed by atoms with Gasteiger partial charge < -0.3 is 9.47 Å². The minimum absolute atomic E-state index is 0.0642. The molecule has 4 rings (SSSR count). The van der Waals surface area contributed by atoms with Gasteiger partial charge in [-0.05, 0) is 43.2 Å². The SMILES string of the molecule is O=C(c1cc(-c2ccc(F)cc2)n[nH]1)N1CCC[C@H](n2ccnc2)C1. The van der Waals surface area contributed by atoms with Crippen molar-refractivity contribution in [2.24, 2.45) is 0 Å². The van der Waals surface area contributed by atoms with Crippen LogP contribution in [-0.4, -0.2) is 43.6 Å². The molecule has 7 heteroatoms. The number of piperidine rings is 1. The van der Waals surface area contributed by atoms with Gasteiger partial charge in [-0.15, -0.1) is 0 Å². The van der Waals surface area contributed by atoms with Crippen LogP contribution in [0.2, 0.25) is 0 Å². The summed E-state index contributed by atoms with van der Waals surface area (Å²) >= 11 is 0. The zero-order valence-electron chi connectivity index (χ0n) is 13.6. The number of imidazole rings is 1. The van der Waals surface area contributed by atoms with E-state index in [4.69, 9.17) is 0 Å². The highest BCUT2D eigenvalue weighted by atomic mass is 19.1. The van der Waals surface area contributed by atoms with E-state index in [2.05, 4.69) is 19.7 Å². The molecule has 0 spiro atoms. The molecule has 1 fully saturated rings. The van der Waals surface area contributed by atoms with Crippen molar-refractivity contribution in [3.05, 3.63) is 60.6 Å². The summed E-state index contributed by atoms with van der Waals surface area (Å²) in [5, 5.41) is 7.00. The van der Waals surface area contributed by atoms with Gasteiger partial charge in [0.2, 0.25) is 0 Å². The molecule has 1 N–H and O–H groups in total. The predicted octanol–water partition coefficient (Wildman–Crippen LogP) is 2.89. The van der Waals surface area contributed by atoms with Crippen LogP contribution in [0.3, 0.4) is 0 Å². The number of likely N-dealkylation sites (tertiary alicyclic amines) is 1. The van der Waals surface area contributed by atoms with Gasteiger partial charge >= 0.3 is 0 Å². The smallest absolute Gasteiger partial charge is 0.271 e. The maximum atomic E-state index is 13.0. The molecule has 1 aliphatic heterocycles. The van der Waals surface area contributed by atoms with E-state index in [1.165, 1.54) is 12.1 Å². The summed E-state index contributed by atoms with van der Waals surface area (Å²) in [4.78, 5) is 18.7. The predicted molar refractivity (Wildman–Crippen MR) is 90.4 cm³/mol. The molecule has 3 heterocycles. The van der Waals surface area contributed by atoms with Crippen molar-refractivity contribution in [2.45, 2.75) is 18.9 Å². The zero-order chi connectivity index (χ0) is 17.2. The Balaban J connectivity index is 1.50. The van der Waals surface area contributed by atoms with E-state index in [0.29, 0.717) is 17.9 Å². The molecule has 0 saturated carbocycles. The number of rotatable bonds is 3. The minimum atomic E-state index is -0.297. The summed E-state index contributed by atoms with van der Waals surface area (Å²) in [6.45, 7) is 1.38. The van der Waals surface area contributed by atoms with Gasteiger partial charge in [0.15, 0.2) is 0 Å². The van der Waals surface area contributed by atoms with E-state index in [1.807, 2.05) is 11.1 Å². The molecule has 1 aliphatic rings. The number of halogens is 1. The number of nitrogens with zero attached hydrogens (tertiary/aromatic N) is 4. The molecule has 128 valence electrons. The van der Waals surface area contributed by atoms with Crippen molar-refractivity contribution in [2.75, 3.05) is 13.1 Å². The van der Waals surface area contributed by atoms with Crippen molar-refractivity contribution < 1.29 is 9.18 Å². The number of amides is 1. The Kier molecular flexibility index (Phi) is 4.05. The van der Waals surface area contributed by atoms with Crippen LogP contribution in [0.5, 0.6) is 0 Å². The first-order valence-corrected chi connectivity index (χ1v) is 8.29. The minimum Gasteiger partial charge on any atom is -0.335 e. The quantitative estimate of drug-likeness (QED) is 0.798. The molecule has 3 aromatic rings. The monoisotopic (exact) mass is 339 g/mol. The summed E-state index contributed by atoms with van der Waals surface area (Å²) in [5.41, 5.74) is 1.85. The Morgan fingerprint density at radius 3 is 2.88 bits per heavy atom. The van der Waals surface area contributed by atoms with Gasteiger partial charge in [-0.2, -0.15) is 5.10 Å². The number of hydrogen-bond acceptors (Lipinski definition) is 3. The Bertz CT molecular complexity index is 856. The molecule has 1 atom stereocenters. The van der Waals surface area contributed by atoms with Crippen LogP contribution in [0.1, 0.15) is 29.4 Å². The van der Waals surface area contributed by atoms with Crippen molar-refractivity contribution >= 4 is 5.91 Å². The molecule has 0 unspecified atom stereocenters. The maximum Gasteiger partial charge on any atom is 0.271 e. The van der Waals surface area contributed by atoms with Gasteiger partial charge in [-0.3, -0.25) is 9.89 Å². The fourth-order valence-corrected chi connectivity index (χ4v) is 3.24. The van der Waals surface area contributed by atoms with E-state index in [1.54, 1.807) is 30.7 Å². The van der Waals surface area contributed by atoms with Crippen LogP contribution < -0.4 is 0 Å². The van der Waals surface area contributed by atoms with Gasteiger partial charge in [0.1, 0.15) is 11.5 Å². The zero-order valence-corrected chi connectivity index (χ0v) is 13.6. The van der Waals surface area contributed by atoms with Gasteiger partial charge in [-0.1, -0.05) is 0 Å². The summed E-state index contributed by atoms with van der Waals surface area (Å²) in [5.74, 6) is -0.361. The summed E-state index contributed by atoms with van der Waals surface area (Å²) < 4.78 is 15.1. The topological polar surface area (TPSA) is 66.8 Å². The van der Waals surface area contributed by atoms with Gasteiger partial charge in [0.25, 0.3) is 5.91 Å². The molecule has 1 amide bonds. The summed E-state index contributed by atoms with van der Waals surface area (Å²) in [6.07, 6.45) is 7.46. The van der Waals surface area contributed by atoms with Crippen LogP contribution in [0.4, 0.5) is 4.39 Å². The van der Waals surface area contributed by atoms with E-state index in [0.717, 1.165) is 24.9 Å². The average Bonchev–Trinajstić information content (AvgIpc) is 3.34. The van der Waals surface area contributed by atoms with E-state index in [-0.39, 0.29) is 17.8 Å². The normalized spacial score (nSPS) is 17.6. The van der Waals surface area contributed by atoms with Crippen LogP contribution in [-0.2, 0) is 0 Å². The average molecular weight is 339 g/mol. The Hall–Kier alpha value is -2.96. The fraction of sp³-hybridized carbons (Fsp3) is 0.278. The molecule has 25 heavy (non-hydrogen) atoms. The second-order valence-electron chi connectivity index (χ2n) is 6.23. The van der Waals surface area contributed by atoms with Gasteiger partial charge in [0, 0.05) is 31.0 Å². The Morgan fingerprint density at radius 2 is 2.12 bits per heavy atom. The first-order valence-electron chi connectivity index (χ1n) is 8.29. The van der Waals surface area contributed by atoms with E-state index >= 15 is 0 Å². The third-order valence-corrected chi connectivity index (χ3v) is 4.58. The number of H-pyrrole nitrogens is 1. The largest absolute Gasteiger partial charge is 0.335 e. The number of aromatic amines is 1. The molecule has 1 aromatic carbocycles. The highest BCUT2D eigenvalue weighted by molar-refractivity contribution is 5.93. The number of benzene rings is 1. The molecule has 2 aromatic heterocycles. The number of carbonyl (C=O) groups is 1. The van der Waals surface area contributed by atoms with Crippen molar-refractivity contribution in [3.63, 3.8) is 0 Å². The van der Waals surface area contributed by atoms with Crippen LogP contribution >= 0.6 is 0 Å². The van der Waals surface area contributed by atoms with E-state index in [9.17, 15) is 9.18 Å². The first-order chi connectivity index (χ1) is 12.2. The maximum absolute atomic E-state index is 13.0. The van der Waals surface area contributed by atoms with Crippen LogP contribution in [0.25, 0.3) is 11.3 Å². The number of hydrogen-bond donors (Lipinski definition) is 1. The second-order valence-corrected chi connectivity index (χ2v) is 6.23.